The molecule has 0 unspecified atom stereocenters. The van der Waals surface area contributed by atoms with Crippen molar-refractivity contribution < 1.29 is 19.1 Å². The summed E-state index contributed by atoms with van der Waals surface area (Å²) in [6.45, 7) is 12.3. The molecule has 52 heavy (non-hydrogen) atoms. The first-order chi connectivity index (χ1) is 25.0. The predicted molar refractivity (Wildman–Crippen MR) is 208 cm³/mol. The Labute approximate surface area is 310 Å². The quantitative estimate of drug-likeness (QED) is 0.108. The van der Waals surface area contributed by atoms with Crippen LogP contribution in [0.25, 0.3) is 22.3 Å². The Morgan fingerprint density at radius 1 is 0.846 bits per heavy atom. The highest BCUT2D eigenvalue weighted by Crippen LogP contribution is 2.30. The number of ether oxygens (including phenoxy) is 1. The molecule has 0 radical (unpaired) electrons. The summed E-state index contributed by atoms with van der Waals surface area (Å²) in [5.74, 6) is 0.443. The number of fused-ring (bicyclic) bond motifs is 1. The van der Waals surface area contributed by atoms with Gasteiger partial charge in [-0.25, -0.2) is 19.7 Å². The van der Waals surface area contributed by atoms with Gasteiger partial charge < -0.3 is 24.4 Å². The standard InChI is InChI=1S/C38H47ClN8O4Si/c1-52(2,3)21-20-51-26-47-34(48)14-17-46(38(47)50)31-10-8-29(9-11-31)43-15-12-27(13-16-43)23-45-19-18-44(24-35(45)49)30-6-4-28(5-7-30)33-22-32-36(39)40-25-41-37(32)42-33/h4-11,22,25,27H,12-21,23-24,26H2,1-3H3,(H,40,41,42). The number of aromatic amines is 1. The number of halogens is 1. The number of carbonyl (C=O) groups is 3. The molecule has 0 bridgehead atoms. The minimum Gasteiger partial charge on any atom is -0.372 e. The van der Waals surface area contributed by atoms with E-state index in [4.69, 9.17) is 16.3 Å². The maximum absolute atomic E-state index is 13.3. The highest BCUT2D eigenvalue weighted by Gasteiger charge is 2.33. The van der Waals surface area contributed by atoms with Crippen LogP contribution < -0.4 is 14.7 Å². The number of hydrogen-bond acceptors (Lipinski definition) is 8. The lowest BCUT2D eigenvalue weighted by Crippen LogP contribution is -2.53. The molecular formula is C38H47ClN8O4Si. The van der Waals surface area contributed by atoms with Crippen molar-refractivity contribution in [2.45, 2.75) is 44.9 Å². The van der Waals surface area contributed by atoms with E-state index in [-0.39, 0.29) is 31.0 Å². The number of aromatic nitrogens is 3. The molecule has 0 atom stereocenters. The third-order valence-electron chi connectivity index (χ3n) is 10.4. The van der Waals surface area contributed by atoms with E-state index in [0.717, 1.165) is 78.8 Å². The number of carbonyl (C=O) groups excluding carboxylic acids is 3. The number of piperidine rings is 1. The van der Waals surface area contributed by atoms with Crippen molar-refractivity contribution in [3.05, 3.63) is 66.1 Å². The van der Waals surface area contributed by atoms with Crippen LogP contribution in [0.2, 0.25) is 30.8 Å². The Kier molecular flexibility index (Phi) is 10.5. The van der Waals surface area contributed by atoms with Gasteiger partial charge in [-0.15, -0.1) is 0 Å². The van der Waals surface area contributed by atoms with Crippen LogP contribution in [0, 0.1) is 5.92 Å². The van der Waals surface area contributed by atoms with Gasteiger partial charge in [-0.2, -0.15) is 0 Å². The summed E-state index contributed by atoms with van der Waals surface area (Å²) >= 11 is 6.23. The molecule has 12 nitrogen and oxygen atoms in total. The molecule has 7 rings (SSSR count). The zero-order valence-corrected chi connectivity index (χ0v) is 31.9. The van der Waals surface area contributed by atoms with Crippen molar-refractivity contribution in [3.8, 4) is 11.3 Å². The fourth-order valence-electron chi connectivity index (χ4n) is 7.16. The van der Waals surface area contributed by atoms with Crippen molar-refractivity contribution in [3.63, 3.8) is 0 Å². The molecule has 3 aliphatic heterocycles. The van der Waals surface area contributed by atoms with E-state index in [1.807, 2.05) is 23.1 Å². The molecule has 4 aromatic rings. The van der Waals surface area contributed by atoms with Crippen LogP contribution in [0.5, 0.6) is 0 Å². The van der Waals surface area contributed by atoms with Crippen LogP contribution in [0.1, 0.15) is 19.3 Å². The lowest BCUT2D eigenvalue weighted by molar-refractivity contribution is -0.133. The van der Waals surface area contributed by atoms with Crippen molar-refractivity contribution in [1.29, 1.82) is 0 Å². The zero-order chi connectivity index (χ0) is 36.4. The molecule has 2 aromatic carbocycles. The first-order valence-corrected chi connectivity index (χ1v) is 22.3. The number of piperazine rings is 1. The molecule has 1 N–H and O–H groups in total. The number of anilines is 3. The minimum absolute atomic E-state index is 0.00138. The molecule has 0 saturated carbocycles. The average molecular weight is 743 g/mol. The third kappa shape index (κ3) is 8.11. The zero-order valence-electron chi connectivity index (χ0n) is 30.2. The second kappa shape index (κ2) is 15.3. The predicted octanol–water partition coefficient (Wildman–Crippen LogP) is 6.31. The van der Waals surface area contributed by atoms with E-state index in [2.05, 4.69) is 80.8 Å². The van der Waals surface area contributed by atoms with Gasteiger partial charge in [0.2, 0.25) is 11.8 Å². The van der Waals surface area contributed by atoms with Gasteiger partial charge in [0.1, 0.15) is 23.9 Å². The number of nitrogens with zero attached hydrogens (tertiary/aromatic N) is 7. The van der Waals surface area contributed by atoms with Gasteiger partial charge >= 0.3 is 6.03 Å². The summed E-state index contributed by atoms with van der Waals surface area (Å²) in [7, 11) is -1.26. The Morgan fingerprint density at radius 2 is 1.54 bits per heavy atom. The number of amides is 4. The molecule has 3 saturated heterocycles. The Bertz CT molecular complexity index is 1910. The molecule has 4 amide bonds. The second-order valence-electron chi connectivity index (χ2n) is 15.2. The molecule has 5 heterocycles. The largest absolute Gasteiger partial charge is 0.372 e. The van der Waals surface area contributed by atoms with Crippen molar-refractivity contribution in [2.24, 2.45) is 5.92 Å². The molecule has 14 heteroatoms. The normalized spacial score (nSPS) is 17.9. The van der Waals surface area contributed by atoms with Gasteiger partial charge in [0, 0.05) is 83.1 Å². The summed E-state index contributed by atoms with van der Waals surface area (Å²) in [5, 5.41) is 1.21. The SMILES string of the molecule is C[Si](C)(C)CCOCN1C(=O)CCN(c2ccc(N3CCC(CN4CCN(c5ccc(-c6cc7c(Cl)ncnc7[nH]6)cc5)CC4=O)CC3)cc2)C1=O. The van der Waals surface area contributed by atoms with Crippen LogP contribution in [0.15, 0.2) is 60.9 Å². The smallest absolute Gasteiger partial charge is 0.333 e. The molecule has 3 aliphatic rings. The van der Waals surface area contributed by atoms with E-state index >= 15 is 0 Å². The molecule has 0 aliphatic carbocycles. The van der Waals surface area contributed by atoms with Crippen molar-refractivity contribution >= 4 is 65.6 Å². The molecule has 274 valence electrons. The van der Waals surface area contributed by atoms with Gasteiger partial charge in [0.15, 0.2) is 0 Å². The number of imide groups is 1. The topological polar surface area (TPSA) is 118 Å². The first-order valence-electron chi connectivity index (χ1n) is 18.2. The fourth-order valence-corrected chi connectivity index (χ4v) is 8.10. The molecule has 0 spiro atoms. The number of H-pyrrole nitrogens is 1. The summed E-state index contributed by atoms with van der Waals surface area (Å²) in [5.41, 5.74) is 5.57. The number of urea groups is 1. The van der Waals surface area contributed by atoms with Gasteiger partial charge in [0.05, 0.1) is 11.9 Å². The van der Waals surface area contributed by atoms with E-state index in [0.29, 0.717) is 43.0 Å². The minimum atomic E-state index is -1.26. The monoisotopic (exact) mass is 742 g/mol. The van der Waals surface area contributed by atoms with Crippen LogP contribution in [-0.2, 0) is 14.3 Å². The number of benzene rings is 2. The lowest BCUT2D eigenvalue weighted by Gasteiger charge is -2.40. The van der Waals surface area contributed by atoms with Crippen LogP contribution in [0.3, 0.4) is 0 Å². The molecule has 2 aromatic heterocycles. The summed E-state index contributed by atoms with van der Waals surface area (Å²) in [4.78, 5) is 60.1. The highest BCUT2D eigenvalue weighted by atomic mass is 35.5. The summed E-state index contributed by atoms with van der Waals surface area (Å²) in [6, 6.07) is 18.9. The number of nitrogens with one attached hydrogen (secondary N) is 1. The number of hydrogen-bond donors (Lipinski definition) is 1. The first kappa shape index (κ1) is 35.9. The van der Waals surface area contributed by atoms with Gasteiger partial charge in [-0.3, -0.25) is 14.5 Å². The Morgan fingerprint density at radius 3 is 2.23 bits per heavy atom. The summed E-state index contributed by atoms with van der Waals surface area (Å²) in [6.07, 6.45) is 3.76. The van der Waals surface area contributed by atoms with E-state index in [1.165, 1.54) is 11.2 Å². The molecule has 3 fully saturated rings. The summed E-state index contributed by atoms with van der Waals surface area (Å²) < 4.78 is 5.74. The number of rotatable bonds is 11. The lowest BCUT2D eigenvalue weighted by atomic mass is 9.95. The van der Waals surface area contributed by atoms with Crippen LogP contribution >= 0.6 is 11.6 Å². The fraction of sp³-hybridized carbons (Fsp3) is 0.447. The van der Waals surface area contributed by atoms with Crippen LogP contribution in [-0.4, -0.2) is 110 Å². The Hall–Kier alpha value is -4.46. The van der Waals surface area contributed by atoms with Crippen LogP contribution in [0.4, 0.5) is 21.9 Å². The highest BCUT2D eigenvalue weighted by molar-refractivity contribution is 6.76. The average Bonchev–Trinajstić information content (AvgIpc) is 3.58. The third-order valence-corrected chi connectivity index (χ3v) is 12.4. The maximum atomic E-state index is 13.3. The van der Waals surface area contributed by atoms with Crippen molar-refractivity contribution in [2.75, 3.05) is 73.9 Å². The Balaban J connectivity index is 0.867. The van der Waals surface area contributed by atoms with E-state index in [9.17, 15) is 14.4 Å². The van der Waals surface area contributed by atoms with Gasteiger partial charge in [0.25, 0.3) is 0 Å². The van der Waals surface area contributed by atoms with E-state index < -0.39 is 8.07 Å². The van der Waals surface area contributed by atoms with E-state index in [1.54, 1.807) is 4.90 Å². The maximum Gasteiger partial charge on any atom is 0.333 e. The van der Waals surface area contributed by atoms with Gasteiger partial charge in [-0.1, -0.05) is 43.4 Å². The van der Waals surface area contributed by atoms with Crippen molar-refractivity contribution in [1.82, 2.24) is 24.8 Å². The second-order valence-corrected chi connectivity index (χ2v) is 21.2. The molecular weight excluding hydrogens is 696 g/mol. The van der Waals surface area contributed by atoms with Gasteiger partial charge in [-0.05, 0) is 72.8 Å².